The molecule has 4 rings (SSSR count). The number of esters is 1. The fourth-order valence-corrected chi connectivity index (χ4v) is 3.42. The molecule has 1 atom stereocenters. The lowest BCUT2D eigenvalue weighted by Crippen LogP contribution is -2.39. The van der Waals surface area contributed by atoms with Gasteiger partial charge < -0.3 is 9.64 Å². The van der Waals surface area contributed by atoms with Crippen LogP contribution in [0.2, 0.25) is 0 Å². The highest BCUT2D eigenvalue weighted by molar-refractivity contribution is 5.99. The third-order valence-electron chi connectivity index (χ3n) is 4.81. The summed E-state index contributed by atoms with van der Waals surface area (Å²) >= 11 is 0. The van der Waals surface area contributed by atoms with Gasteiger partial charge in [-0.1, -0.05) is 36.4 Å². The molecule has 2 heterocycles. The van der Waals surface area contributed by atoms with Gasteiger partial charge in [0.15, 0.2) is 6.10 Å². The number of ether oxygens (including phenoxy) is 1. The molecule has 1 aliphatic heterocycles. The molecule has 0 bridgehead atoms. The van der Waals surface area contributed by atoms with Gasteiger partial charge >= 0.3 is 5.97 Å². The van der Waals surface area contributed by atoms with Crippen molar-refractivity contribution in [3.05, 3.63) is 78.1 Å². The largest absolute Gasteiger partial charge is 0.452 e. The molecule has 0 fully saturated rings. The van der Waals surface area contributed by atoms with Crippen LogP contribution in [-0.4, -0.2) is 34.3 Å². The van der Waals surface area contributed by atoms with E-state index >= 15 is 0 Å². The van der Waals surface area contributed by atoms with Crippen molar-refractivity contribution < 1.29 is 14.3 Å². The highest BCUT2D eigenvalue weighted by atomic mass is 16.5. The van der Waals surface area contributed by atoms with Crippen LogP contribution in [0, 0.1) is 0 Å². The molecule has 142 valence electrons. The van der Waals surface area contributed by atoms with Crippen LogP contribution >= 0.6 is 0 Å². The molecule has 1 aromatic heterocycles. The molecule has 0 spiro atoms. The average Bonchev–Trinajstić information content (AvgIpc) is 3.35. The van der Waals surface area contributed by atoms with E-state index in [0.29, 0.717) is 6.54 Å². The number of hydrogen-bond acceptors (Lipinski definition) is 4. The topological polar surface area (TPSA) is 64.4 Å². The summed E-state index contributed by atoms with van der Waals surface area (Å²) in [6.45, 7) is 2.23. The van der Waals surface area contributed by atoms with Gasteiger partial charge in [-0.3, -0.25) is 9.59 Å². The number of fused-ring (bicyclic) bond motifs is 1. The number of aromatic nitrogens is 2. The molecule has 1 amide bonds. The fourth-order valence-electron chi connectivity index (χ4n) is 3.42. The molecule has 0 N–H and O–H groups in total. The third kappa shape index (κ3) is 3.67. The van der Waals surface area contributed by atoms with Crippen LogP contribution in [0.5, 0.6) is 0 Å². The van der Waals surface area contributed by atoms with Gasteiger partial charge in [0.1, 0.15) is 0 Å². The maximum atomic E-state index is 12.7. The van der Waals surface area contributed by atoms with Gasteiger partial charge in [0.25, 0.3) is 5.91 Å². The van der Waals surface area contributed by atoms with Crippen LogP contribution < -0.4 is 4.90 Å². The average molecular weight is 375 g/mol. The summed E-state index contributed by atoms with van der Waals surface area (Å²) in [5.41, 5.74) is 3.70. The van der Waals surface area contributed by atoms with Crippen molar-refractivity contribution in [3.8, 4) is 5.69 Å². The third-order valence-corrected chi connectivity index (χ3v) is 4.81. The number of amides is 1. The van der Waals surface area contributed by atoms with Crippen molar-refractivity contribution in [2.24, 2.45) is 0 Å². The Kier molecular flexibility index (Phi) is 4.93. The van der Waals surface area contributed by atoms with Gasteiger partial charge in [-0.2, -0.15) is 5.10 Å². The van der Waals surface area contributed by atoms with E-state index in [1.165, 1.54) is 0 Å². The van der Waals surface area contributed by atoms with Gasteiger partial charge in [-0.15, -0.1) is 0 Å². The van der Waals surface area contributed by atoms with Crippen molar-refractivity contribution in [2.75, 3.05) is 11.4 Å². The molecule has 0 saturated carbocycles. The molecule has 28 heavy (non-hydrogen) atoms. The number of nitrogens with zero attached hydrogens (tertiary/aromatic N) is 3. The number of carbonyl (C=O) groups is 2. The van der Waals surface area contributed by atoms with Crippen LogP contribution in [0.3, 0.4) is 0 Å². The Morgan fingerprint density at radius 1 is 1.11 bits per heavy atom. The first kappa shape index (κ1) is 18.0. The molecule has 0 aliphatic carbocycles. The monoisotopic (exact) mass is 375 g/mol. The highest BCUT2D eigenvalue weighted by Crippen LogP contribution is 2.28. The quantitative estimate of drug-likeness (QED) is 0.643. The summed E-state index contributed by atoms with van der Waals surface area (Å²) in [7, 11) is 0. The second-order valence-electron chi connectivity index (χ2n) is 6.81. The Bertz CT molecular complexity index is 997. The van der Waals surface area contributed by atoms with Crippen LogP contribution in [0.15, 0.2) is 67.0 Å². The maximum absolute atomic E-state index is 12.7. The van der Waals surface area contributed by atoms with Crippen molar-refractivity contribution in [3.63, 3.8) is 0 Å². The number of hydrogen-bond donors (Lipinski definition) is 0. The summed E-state index contributed by atoms with van der Waals surface area (Å²) in [6.07, 6.45) is 3.49. The molecule has 6 heteroatoms. The molecule has 6 nitrogen and oxygen atoms in total. The summed E-state index contributed by atoms with van der Waals surface area (Å²) in [4.78, 5) is 26.7. The van der Waals surface area contributed by atoms with Crippen LogP contribution in [0.1, 0.15) is 18.1 Å². The minimum atomic E-state index is -0.831. The molecule has 1 unspecified atom stereocenters. The van der Waals surface area contributed by atoms with Crippen molar-refractivity contribution in [1.29, 1.82) is 0 Å². The molecule has 1 aliphatic rings. The van der Waals surface area contributed by atoms with Crippen LogP contribution in [-0.2, 0) is 27.2 Å². The Morgan fingerprint density at radius 3 is 2.68 bits per heavy atom. The van der Waals surface area contributed by atoms with Crippen LogP contribution in [0.4, 0.5) is 5.69 Å². The molecular formula is C22H21N3O3. The first-order valence-electron chi connectivity index (χ1n) is 9.29. The smallest absolute Gasteiger partial charge is 0.311 e. The van der Waals surface area contributed by atoms with Gasteiger partial charge in [0.2, 0.25) is 0 Å². The Morgan fingerprint density at radius 2 is 1.86 bits per heavy atom. The Labute approximate surface area is 163 Å². The van der Waals surface area contributed by atoms with E-state index in [9.17, 15) is 9.59 Å². The van der Waals surface area contributed by atoms with Crippen molar-refractivity contribution in [2.45, 2.75) is 25.9 Å². The first-order chi connectivity index (χ1) is 13.6. The fraction of sp³-hybridized carbons (Fsp3) is 0.227. The normalized spacial score (nSPS) is 13.8. The van der Waals surface area contributed by atoms with Gasteiger partial charge in [-0.05, 0) is 37.1 Å². The number of carbonyl (C=O) groups excluding carboxylic acids is 2. The summed E-state index contributed by atoms with van der Waals surface area (Å²) < 4.78 is 7.10. The second-order valence-corrected chi connectivity index (χ2v) is 6.81. The molecule has 0 radical (unpaired) electrons. The standard InChI is InChI=1S/C22H21N3O3/c1-16(22(27)24-12-11-18-7-5-6-10-20(18)24)28-21(26)13-17-14-23-25(15-17)19-8-3-2-4-9-19/h2-10,14-16H,11-13H2,1H3. The minimum absolute atomic E-state index is 0.0705. The van der Waals surface area contributed by atoms with Crippen molar-refractivity contribution >= 4 is 17.6 Å². The lowest BCUT2D eigenvalue weighted by Gasteiger charge is -2.21. The molecular weight excluding hydrogens is 354 g/mol. The van der Waals surface area contributed by atoms with E-state index in [4.69, 9.17) is 4.74 Å². The number of anilines is 1. The summed E-state index contributed by atoms with van der Waals surface area (Å²) in [5.74, 6) is -0.640. The lowest BCUT2D eigenvalue weighted by molar-refractivity contribution is -0.153. The van der Waals surface area contributed by atoms with Gasteiger partial charge in [-0.25, -0.2) is 4.68 Å². The van der Waals surface area contributed by atoms with E-state index in [1.54, 1.807) is 28.9 Å². The van der Waals surface area contributed by atoms with Gasteiger partial charge in [0.05, 0.1) is 18.3 Å². The van der Waals surface area contributed by atoms with Crippen LogP contribution in [0.25, 0.3) is 5.69 Å². The molecule has 0 saturated heterocycles. The van der Waals surface area contributed by atoms with E-state index < -0.39 is 12.1 Å². The van der Waals surface area contributed by atoms with E-state index in [1.807, 2.05) is 54.6 Å². The second kappa shape index (κ2) is 7.68. The lowest BCUT2D eigenvalue weighted by atomic mass is 10.2. The highest BCUT2D eigenvalue weighted by Gasteiger charge is 2.29. The predicted octanol–water partition coefficient (Wildman–Crippen LogP) is 2.94. The zero-order valence-corrected chi connectivity index (χ0v) is 15.6. The zero-order valence-electron chi connectivity index (χ0n) is 15.6. The Hall–Kier alpha value is -3.41. The summed E-state index contributed by atoms with van der Waals surface area (Å²) in [6, 6.07) is 17.5. The van der Waals surface area contributed by atoms with E-state index in [0.717, 1.165) is 28.9 Å². The number of benzene rings is 2. The predicted molar refractivity (Wildman–Crippen MR) is 105 cm³/mol. The molecule has 2 aromatic carbocycles. The summed E-state index contributed by atoms with van der Waals surface area (Å²) in [5, 5.41) is 4.28. The minimum Gasteiger partial charge on any atom is -0.452 e. The number of para-hydroxylation sites is 2. The zero-order chi connectivity index (χ0) is 19.5. The molecule has 3 aromatic rings. The van der Waals surface area contributed by atoms with Gasteiger partial charge in [0, 0.05) is 24.0 Å². The Balaban J connectivity index is 1.36. The number of rotatable bonds is 5. The first-order valence-corrected chi connectivity index (χ1v) is 9.29. The maximum Gasteiger partial charge on any atom is 0.311 e. The van der Waals surface area contributed by atoms with E-state index in [-0.39, 0.29) is 12.3 Å². The van der Waals surface area contributed by atoms with E-state index in [2.05, 4.69) is 5.10 Å². The van der Waals surface area contributed by atoms with Crippen molar-refractivity contribution in [1.82, 2.24) is 9.78 Å². The SMILES string of the molecule is CC(OC(=O)Cc1cnn(-c2ccccc2)c1)C(=O)N1CCc2ccccc21.